The molecule has 0 spiro atoms. The summed E-state index contributed by atoms with van der Waals surface area (Å²) in [6, 6.07) is 10.4. The molecule has 34 heavy (non-hydrogen) atoms. The Kier molecular flexibility index (Phi) is 9.91. The molecule has 3 aromatic rings. The van der Waals surface area contributed by atoms with Crippen molar-refractivity contribution in [3.05, 3.63) is 52.5 Å². The molecule has 2 aromatic carbocycles. The second kappa shape index (κ2) is 11.8. The number of hydrogen-bond donors (Lipinski definition) is 0. The van der Waals surface area contributed by atoms with Crippen molar-refractivity contribution >= 4 is 66.4 Å². The summed E-state index contributed by atoms with van der Waals surface area (Å²) in [4.78, 5) is 22.2. The van der Waals surface area contributed by atoms with E-state index < -0.39 is 15.1 Å². The molecule has 10 heteroatoms. The van der Waals surface area contributed by atoms with Gasteiger partial charge in [0.2, 0.25) is 5.91 Å². The molecule has 0 fully saturated rings. The first kappa shape index (κ1) is 28.5. The van der Waals surface area contributed by atoms with Gasteiger partial charge in [-0.25, -0.2) is 13.4 Å². The lowest BCUT2D eigenvalue weighted by molar-refractivity contribution is -0.118. The Balaban J connectivity index is 0.00000408. The zero-order chi connectivity index (χ0) is 24.3. The number of amides is 1. The smallest absolute Gasteiger partial charge is 0.233 e. The molecule has 0 atom stereocenters. The fourth-order valence-electron chi connectivity index (χ4n) is 3.42. The molecule has 0 aliphatic carbocycles. The first-order valence-corrected chi connectivity index (χ1v) is 13.6. The summed E-state index contributed by atoms with van der Waals surface area (Å²) < 4.78 is 25.6. The fourth-order valence-corrected chi connectivity index (χ4v) is 5.84. The lowest BCUT2D eigenvalue weighted by atomic mass is 10.1. The average molecular weight is 545 g/mol. The number of anilines is 1. The number of rotatable bonds is 9. The Morgan fingerprint density at radius 2 is 1.74 bits per heavy atom. The van der Waals surface area contributed by atoms with E-state index in [1.807, 2.05) is 33.2 Å². The van der Waals surface area contributed by atoms with Crippen molar-refractivity contribution in [1.29, 1.82) is 0 Å². The van der Waals surface area contributed by atoms with Gasteiger partial charge in [-0.1, -0.05) is 41.1 Å². The molecule has 6 nitrogen and oxygen atoms in total. The third kappa shape index (κ3) is 6.49. The Bertz CT molecular complexity index is 1200. The van der Waals surface area contributed by atoms with Crippen LogP contribution in [0.3, 0.4) is 0 Å². The van der Waals surface area contributed by atoms with Crippen LogP contribution in [0, 0.1) is 6.92 Å². The van der Waals surface area contributed by atoms with Crippen LogP contribution in [0.25, 0.3) is 10.2 Å². The van der Waals surface area contributed by atoms with E-state index in [2.05, 4.69) is 4.90 Å². The van der Waals surface area contributed by atoms with E-state index in [4.69, 9.17) is 16.6 Å². The molecule has 0 aliphatic rings. The van der Waals surface area contributed by atoms with Gasteiger partial charge in [0, 0.05) is 6.54 Å². The molecular weight excluding hydrogens is 513 g/mol. The number of fused-ring (bicyclic) bond motifs is 1. The third-order valence-electron chi connectivity index (χ3n) is 5.43. The minimum atomic E-state index is -3.35. The highest BCUT2D eigenvalue weighted by atomic mass is 35.5. The first-order chi connectivity index (χ1) is 15.5. The van der Waals surface area contributed by atoms with Gasteiger partial charge in [0.05, 0.1) is 31.8 Å². The first-order valence-electron chi connectivity index (χ1n) is 10.8. The molecule has 3 rings (SSSR count). The number of carbonyl (C=O) groups excluding carboxylic acids is 1. The predicted octanol–water partition coefficient (Wildman–Crippen LogP) is 5.39. The molecule has 0 radical (unpaired) electrons. The normalized spacial score (nSPS) is 11.8. The minimum absolute atomic E-state index is 0. The average Bonchev–Trinajstić information content (AvgIpc) is 3.20. The van der Waals surface area contributed by atoms with Gasteiger partial charge in [-0.05, 0) is 77.2 Å². The van der Waals surface area contributed by atoms with Crippen LogP contribution in [-0.4, -0.2) is 56.6 Å². The minimum Gasteiger partial charge on any atom is -0.309 e. The number of carbonyl (C=O) groups is 1. The maximum absolute atomic E-state index is 13.4. The predicted molar refractivity (Wildman–Crippen MR) is 145 cm³/mol. The van der Waals surface area contributed by atoms with Crippen molar-refractivity contribution in [3.8, 4) is 0 Å². The summed E-state index contributed by atoms with van der Waals surface area (Å²) in [5.74, 6) is -0.0824. The number of aryl methyl sites for hydroxylation is 1. The van der Waals surface area contributed by atoms with Gasteiger partial charge in [-0.15, -0.1) is 12.4 Å². The number of aromatic nitrogens is 1. The Hall–Kier alpha value is -1.71. The monoisotopic (exact) mass is 543 g/mol. The maximum Gasteiger partial charge on any atom is 0.233 e. The fraction of sp³-hybridized carbons (Fsp3) is 0.417. The molecule has 0 saturated carbocycles. The third-order valence-corrected chi connectivity index (χ3v) is 9.14. The molecule has 0 N–H and O–H groups in total. The van der Waals surface area contributed by atoms with Crippen LogP contribution >= 0.6 is 35.3 Å². The highest BCUT2D eigenvalue weighted by Gasteiger charge is 2.22. The van der Waals surface area contributed by atoms with Crippen LogP contribution in [0.4, 0.5) is 5.13 Å². The van der Waals surface area contributed by atoms with E-state index in [-0.39, 0.29) is 29.6 Å². The topological polar surface area (TPSA) is 70.6 Å². The molecule has 0 aliphatic heterocycles. The maximum atomic E-state index is 13.4. The molecule has 1 amide bonds. The Labute approximate surface area is 217 Å². The van der Waals surface area contributed by atoms with Gasteiger partial charge in [-0.2, -0.15) is 0 Å². The van der Waals surface area contributed by atoms with Crippen molar-refractivity contribution < 1.29 is 13.2 Å². The summed E-state index contributed by atoms with van der Waals surface area (Å²) in [5, 5.41) is 0.762. The van der Waals surface area contributed by atoms with Gasteiger partial charge in [0.15, 0.2) is 15.0 Å². The number of halogens is 2. The lowest BCUT2D eigenvalue weighted by Gasteiger charge is -2.21. The highest BCUT2D eigenvalue weighted by molar-refractivity contribution is 7.92. The van der Waals surface area contributed by atoms with E-state index in [0.29, 0.717) is 16.7 Å². The van der Waals surface area contributed by atoms with Crippen LogP contribution < -0.4 is 4.90 Å². The Morgan fingerprint density at radius 1 is 1.09 bits per heavy atom. The zero-order valence-corrected chi connectivity index (χ0v) is 23.2. The molecule has 0 saturated heterocycles. The van der Waals surface area contributed by atoms with Crippen LogP contribution in [0.5, 0.6) is 0 Å². The van der Waals surface area contributed by atoms with Gasteiger partial charge >= 0.3 is 0 Å². The van der Waals surface area contributed by atoms with E-state index in [0.717, 1.165) is 34.3 Å². The standard InChI is InChI=1S/C24H30ClN3O3S2.ClH/c1-16(2)33(30,31)19-10-8-18(9-11-19)15-21(29)28(14-6-13-27(4)5)24-26-22-17(3)7-12-20(25)23(22)32-24;/h7-12,16H,6,13-15H2,1-5H3;1H. The molecule has 1 aromatic heterocycles. The summed E-state index contributed by atoms with van der Waals surface area (Å²) in [5.41, 5.74) is 2.59. The van der Waals surface area contributed by atoms with E-state index in [9.17, 15) is 13.2 Å². The Morgan fingerprint density at radius 3 is 2.29 bits per heavy atom. The number of thiazole rings is 1. The van der Waals surface area contributed by atoms with Crippen LogP contribution in [-0.2, 0) is 21.1 Å². The van der Waals surface area contributed by atoms with Crippen molar-refractivity contribution in [2.45, 2.75) is 43.8 Å². The van der Waals surface area contributed by atoms with Crippen molar-refractivity contribution in [2.24, 2.45) is 0 Å². The molecule has 1 heterocycles. The largest absolute Gasteiger partial charge is 0.309 e. The van der Waals surface area contributed by atoms with Gasteiger partial charge in [-0.3, -0.25) is 9.69 Å². The summed E-state index contributed by atoms with van der Waals surface area (Å²) in [7, 11) is 0.654. The molecule has 0 bridgehead atoms. The van der Waals surface area contributed by atoms with Crippen LogP contribution in [0.1, 0.15) is 31.4 Å². The van der Waals surface area contributed by atoms with Gasteiger partial charge in [0.1, 0.15) is 0 Å². The van der Waals surface area contributed by atoms with E-state index in [1.54, 1.807) is 43.0 Å². The van der Waals surface area contributed by atoms with Gasteiger partial charge < -0.3 is 4.90 Å². The SMILES string of the molecule is Cc1ccc(Cl)c2sc(N(CCCN(C)C)C(=O)Cc3ccc(S(=O)(=O)C(C)C)cc3)nc12.Cl. The van der Waals surface area contributed by atoms with E-state index >= 15 is 0 Å². The summed E-state index contributed by atoms with van der Waals surface area (Å²) in [6.07, 6.45) is 0.958. The second-order valence-electron chi connectivity index (χ2n) is 8.66. The van der Waals surface area contributed by atoms with Crippen LogP contribution in [0.15, 0.2) is 41.3 Å². The number of sulfone groups is 1. The lowest BCUT2D eigenvalue weighted by Crippen LogP contribution is -2.34. The van der Waals surface area contributed by atoms with Gasteiger partial charge in [0.25, 0.3) is 0 Å². The summed E-state index contributed by atoms with van der Waals surface area (Å²) in [6.45, 7) is 6.67. The molecule has 0 unspecified atom stereocenters. The quantitative estimate of drug-likeness (QED) is 0.361. The zero-order valence-electron chi connectivity index (χ0n) is 20.0. The highest BCUT2D eigenvalue weighted by Crippen LogP contribution is 2.36. The summed E-state index contributed by atoms with van der Waals surface area (Å²) >= 11 is 7.81. The van der Waals surface area contributed by atoms with Crippen molar-refractivity contribution in [1.82, 2.24) is 9.88 Å². The number of hydrogen-bond acceptors (Lipinski definition) is 6. The molecular formula is C24H31Cl2N3O3S2. The second-order valence-corrected chi connectivity index (χ2v) is 12.5. The van der Waals surface area contributed by atoms with Crippen LogP contribution in [0.2, 0.25) is 5.02 Å². The number of benzene rings is 2. The molecule has 186 valence electrons. The van der Waals surface area contributed by atoms with E-state index in [1.165, 1.54) is 11.3 Å². The number of nitrogens with zero attached hydrogens (tertiary/aromatic N) is 3. The van der Waals surface area contributed by atoms with Crippen molar-refractivity contribution in [2.75, 3.05) is 32.1 Å². The van der Waals surface area contributed by atoms with Crippen molar-refractivity contribution in [3.63, 3.8) is 0 Å².